The maximum absolute atomic E-state index is 12.1. The molecular formula is C11H15N3O2S. The van der Waals surface area contributed by atoms with E-state index in [1.54, 1.807) is 23.5 Å². The Kier molecular flexibility index (Phi) is 3.42. The number of carbonyl (C=O) groups is 2. The summed E-state index contributed by atoms with van der Waals surface area (Å²) in [5.74, 6) is -0.0889. The van der Waals surface area contributed by atoms with E-state index in [0.717, 1.165) is 4.88 Å². The van der Waals surface area contributed by atoms with E-state index in [0.29, 0.717) is 13.0 Å². The van der Waals surface area contributed by atoms with Crippen LogP contribution in [0.3, 0.4) is 0 Å². The molecule has 1 N–H and O–H groups in total. The molecule has 0 spiro atoms. The van der Waals surface area contributed by atoms with Crippen LogP contribution in [0.1, 0.15) is 25.1 Å². The van der Waals surface area contributed by atoms with Crippen molar-refractivity contribution in [1.82, 2.24) is 15.2 Å². The van der Waals surface area contributed by atoms with Crippen LogP contribution in [-0.4, -0.2) is 33.8 Å². The van der Waals surface area contributed by atoms with E-state index in [9.17, 15) is 9.59 Å². The number of aromatic nitrogens is 1. The minimum absolute atomic E-state index is 0.0233. The number of piperazine rings is 1. The van der Waals surface area contributed by atoms with Crippen LogP contribution in [0.4, 0.5) is 0 Å². The molecule has 2 heterocycles. The Morgan fingerprint density at radius 2 is 2.29 bits per heavy atom. The molecule has 0 bridgehead atoms. The third-order valence-electron chi connectivity index (χ3n) is 2.89. The van der Waals surface area contributed by atoms with Crippen LogP contribution < -0.4 is 5.32 Å². The quantitative estimate of drug-likeness (QED) is 0.865. The van der Waals surface area contributed by atoms with Crippen molar-refractivity contribution in [2.75, 3.05) is 0 Å². The van der Waals surface area contributed by atoms with Crippen LogP contribution in [0.25, 0.3) is 0 Å². The van der Waals surface area contributed by atoms with Gasteiger partial charge in [-0.3, -0.25) is 14.6 Å². The fraction of sp³-hybridized carbons (Fsp3) is 0.545. The Balaban J connectivity index is 2.20. The van der Waals surface area contributed by atoms with Crippen molar-refractivity contribution in [2.24, 2.45) is 0 Å². The number of hydrogen-bond donors (Lipinski definition) is 1. The summed E-state index contributed by atoms with van der Waals surface area (Å²) in [6.45, 7) is 4.10. The van der Waals surface area contributed by atoms with Crippen LogP contribution in [0.2, 0.25) is 0 Å². The largest absolute Gasteiger partial charge is 0.343 e. The fourth-order valence-electron chi connectivity index (χ4n) is 2.00. The van der Waals surface area contributed by atoms with Gasteiger partial charge in [0.1, 0.15) is 12.1 Å². The lowest BCUT2D eigenvalue weighted by molar-refractivity contribution is -0.149. The number of amides is 2. The minimum Gasteiger partial charge on any atom is -0.343 e. The summed E-state index contributed by atoms with van der Waals surface area (Å²) in [4.78, 5) is 30.5. The summed E-state index contributed by atoms with van der Waals surface area (Å²) in [5, 5.41) is 2.70. The number of nitrogens with one attached hydrogen (secondary N) is 1. The Bertz CT molecular complexity index is 418. The molecule has 0 radical (unpaired) electrons. The van der Waals surface area contributed by atoms with Crippen molar-refractivity contribution in [3.63, 3.8) is 0 Å². The molecule has 1 aromatic heterocycles. The first kappa shape index (κ1) is 12.0. The fourth-order valence-corrected chi connectivity index (χ4v) is 2.59. The lowest BCUT2D eigenvalue weighted by atomic mass is 10.1. The molecule has 92 valence electrons. The van der Waals surface area contributed by atoms with E-state index in [2.05, 4.69) is 10.3 Å². The molecule has 1 aliphatic heterocycles. The second-order valence-corrected chi connectivity index (χ2v) is 5.06. The standard InChI is InChI=1S/C11H15N3O2S/c1-3-9-10(15)13-7(2)11(16)14(9)5-8-4-12-6-17-8/h4,6-7,9H,3,5H2,1-2H3,(H,13,15). The minimum atomic E-state index is -0.432. The zero-order valence-corrected chi connectivity index (χ0v) is 10.7. The predicted octanol–water partition coefficient (Wildman–Crippen LogP) is 0.769. The van der Waals surface area contributed by atoms with Crippen molar-refractivity contribution >= 4 is 23.2 Å². The number of thiazole rings is 1. The molecule has 2 rings (SSSR count). The summed E-state index contributed by atoms with van der Waals surface area (Å²) in [6.07, 6.45) is 2.37. The summed E-state index contributed by atoms with van der Waals surface area (Å²) < 4.78 is 0. The second kappa shape index (κ2) is 4.83. The lowest BCUT2D eigenvalue weighted by Crippen LogP contribution is -2.61. The van der Waals surface area contributed by atoms with E-state index in [1.165, 1.54) is 11.3 Å². The third kappa shape index (κ3) is 2.31. The van der Waals surface area contributed by atoms with E-state index in [1.807, 2.05) is 6.92 Å². The van der Waals surface area contributed by atoms with Gasteiger partial charge in [0.2, 0.25) is 11.8 Å². The molecule has 2 atom stereocenters. The molecule has 5 nitrogen and oxygen atoms in total. The van der Waals surface area contributed by atoms with Gasteiger partial charge >= 0.3 is 0 Å². The molecule has 0 saturated carbocycles. The van der Waals surface area contributed by atoms with Crippen molar-refractivity contribution in [3.8, 4) is 0 Å². The monoisotopic (exact) mass is 253 g/mol. The van der Waals surface area contributed by atoms with Gasteiger partial charge in [-0.2, -0.15) is 0 Å². The maximum Gasteiger partial charge on any atom is 0.245 e. The summed E-state index contributed by atoms with van der Waals surface area (Å²) >= 11 is 1.50. The van der Waals surface area contributed by atoms with Crippen LogP contribution >= 0.6 is 11.3 Å². The Hall–Kier alpha value is -1.43. The first-order chi connectivity index (χ1) is 8.13. The van der Waals surface area contributed by atoms with E-state index >= 15 is 0 Å². The normalized spacial score (nSPS) is 24.9. The lowest BCUT2D eigenvalue weighted by Gasteiger charge is -2.37. The highest BCUT2D eigenvalue weighted by molar-refractivity contribution is 7.09. The van der Waals surface area contributed by atoms with Crippen molar-refractivity contribution in [2.45, 2.75) is 38.9 Å². The number of nitrogens with zero attached hydrogens (tertiary/aromatic N) is 2. The van der Waals surface area contributed by atoms with Crippen LogP contribution in [0, 0.1) is 0 Å². The second-order valence-electron chi connectivity index (χ2n) is 4.09. The highest BCUT2D eigenvalue weighted by Crippen LogP contribution is 2.18. The number of hydrogen-bond acceptors (Lipinski definition) is 4. The molecule has 2 amide bonds. The topological polar surface area (TPSA) is 62.3 Å². The van der Waals surface area contributed by atoms with Gasteiger partial charge in [0, 0.05) is 11.1 Å². The molecule has 1 fully saturated rings. The Morgan fingerprint density at radius 1 is 1.53 bits per heavy atom. The average Bonchev–Trinajstić information content (AvgIpc) is 2.78. The van der Waals surface area contributed by atoms with Crippen molar-refractivity contribution < 1.29 is 9.59 Å². The van der Waals surface area contributed by atoms with Gasteiger partial charge in [-0.1, -0.05) is 6.92 Å². The smallest absolute Gasteiger partial charge is 0.245 e. The highest BCUT2D eigenvalue weighted by atomic mass is 32.1. The van der Waals surface area contributed by atoms with Gasteiger partial charge < -0.3 is 10.2 Å². The zero-order valence-electron chi connectivity index (χ0n) is 9.84. The molecule has 0 aliphatic carbocycles. The molecule has 1 saturated heterocycles. The van der Waals surface area contributed by atoms with E-state index in [-0.39, 0.29) is 17.9 Å². The van der Waals surface area contributed by atoms with Crippen molar-refractivity contribution in [1.29, 1.82) is 0 Å². The van der Waals surface area contributed by atoms with Gasteiger partial charge in [0.15, 0.2) is 0 Å². The van der Waals surface area contributed by atoms with Gasteiger partial charge in [-0.25, -0.2) is 0 Å². The summed E-state index contributed by atoms with van der Waals surface area (Å²) in [6, 6.07) is -0.793. The van der Waals surface area contributed by atoms with E-state index in [4.69, 9.17) is 0 Å². The first-order valence-electron chi connectivity index (χ1n) is 5.61. The molecule has 1 aromatic rings. The van der Waals surface area contributed by atoms with Gasteiger partial charge in [-0.15, -0.1) is 11.3 Å². The van der Waals surface area contributed by atoms with Gasteiger partial charge in [0.05, 0.1) is 12.1 Å². The predicted molar refractivity (Wildman–Crippen MR) is 64.3 cm³/mol. The number of carbonyl (C=O) groups excluding carboxylic acids is 2. The van der Waals surface area contributed by atoms with E-state index < -0.39 is 6.04 Å². The first-order valence-corrected chi connectivity index (χ1v) is 6.49. The molecule has 0 aromatic carbocycles. The summed E-state index contributed by atoms with van der Waals surface area (Å²) in [7, 11) is 0. The molecule has 17 heavy (non-hydrogen) atoms. The highest BCUT2D eigenvalue weighted by Gasteiger charge is 2.37. The molecule has 2 unspecified atom stereocenters. The summed E-state index contributed by atoms with van der Waals surface area (Å²) in [5.41, 5.74) is 1.73. The maximum atomic E-state index is 12.1. The number of rotatable bonds is 3. The average molecular weight is 253 g/mol. The molecular weight excluding hydrogens is 238 g/mol. The van der Waals surface area contributed by atoms with Crippen molar-refractivity contribution in [3.05, 3.63) is 16.6 Å². The van der Waals surface area contributed by atoms with Gasteiger partial charge in [0.25, 0.3) is 0 Å². The molecule has 1 aliphatic rings. The van der Waals surface area contributed by atoms with Gasteiger partial charge in [-0.05, 0) is 13.3 Å². The van der Waals surface area contributed by atoms with Crippen LogP contribution in [0.5, 0.6) is 0 Å². The zero-order chi connectivity index (χ0) is 12.4. The third-order valence-corrected chi connectivity index (χ3v) is 3.65. The Labute approximate surface area is 104 Å². The van der Waals surface area contributed by atoms with Crippen LogP contribution in [0.15, 0.2) is 11.7 Å². The van der Waals surface area contributed by atoms with Crippen LogP contribution in [-0.2, 0) is 16.1 Å². The molecule has 6 heteroatoms. The SMILES string of the molecule is CCC1C(=O)NC(C)C(=O)N1Cc1cncs1. The Morgan fingerprint density at radius 3 is 2.88 bits per heavy atom.